The zero-order valence-electron chi connectivity index (χ0n) is 59.0. The molecule has 109 heavy (non-hydrogen) atoms. The average molecular weight is 1430 g/mol. The Morgan fingerprint density at radius 2 is 0.339 bits per heavy atom. The Bertz CT molecular complexity index is 7760. The third kappa shape index (κ3) is 9.95. The number of rotatable bonds is 9. The SMILES string of the molecule is c1ccc(-c2ccc(-c3c4ccccc4c(-c4ccc5c(c4)sc4ccccc45)c4ccc(-c5ccc6c(-c7ccccc7)c7ccc(-c8ccc9c(-c%10ccc%11c(c%10)sc%10ccccc%10%11)c%10ccccc%10c(-c%10ccc%11ccccc%11c%10)c9c8)cc7c(-c7ccc8c(c7)sc7ccccc78)c6c5)cc34)cc2)cc1. The molecule has 3 aromatic heterocycles. The molecular formula is C106H62S3. The Labute approximate surface area is 641 Å². The van der Waals surface area contributed by atoms with Crippen molar-refractivity contribution in [2.75, 3.05) is 0 Å². The maximum absolute atomic E-state index is 2.53. The fraction of sp³-hybridized carbons (Fsp3) is 0. The maximum atomic E-state index is 2.53. The van der Waals surface area contributed by atoms with Crippen molar-refractivity contribution in [2.45, 2.75) is 0 Å². The van der Waals surface area contributed by atoms with Crippen LogP contribution in [0.15, 0.2) is 376 Å². The lowest BCUT2D eigenvalue weighted by Gasteiger charge is -2.21. The van der Waals surface area contributed by atoms with Gasteiger partial charge in [0.05, 0.1) is 0 Å². The Kier molecular flexibility index (Phi) is 14.1. The van der Waals surface area contributed by atoms with E-state index in [9.17, 15) is 0 Å². The first-order valence-corrected chi connectivity index (χ1v) is 39.9. The molecule has 0 aliphatic rings. The van der Waals surface area contributed by atoms with Gasteiger partial charge in [-0.3, -0.25) is 0 Å². The third-order valence-corrected chi connectivity index (χ3v) is 26.6. The molecule has 0 saturated carbocycles. The predicted molar refractivity (Wildman–Crippen MR) is 477 cm³/mol. The summed E-state index contributed by atoms with van der Waals surface area (Å²) in [5, 5.41) is 24.9. The van der Waals surface area contributed by atoms with Crippen LogP contribution in [-0.2, 0) is 0 Å². The van der Waals surface area contributed by atoms with Crippen LogP contribution in [-0.4, -0.2) is 0 Å². The molecular weight excluding hydrogens is 1370 g/mol. The minimum absolute atomic E-state index is 1.16. The zero-order valence-corrected chi connectivity index (χ0v) is 61.5. The van der Waals surface area contributed by atoms with E-state index >= 15 is 0 Å². The van der Waals surface area contributed by atoms with Gasteiger partial charge in [0.25, 0.3) is 0 Å². The topological polar surface area (TPSA) is 0 Å². The van der Waals surface area contributed by atoms with Gasteiger partial charge in [0, 0.05) is 60.5 Å². The fourth-order valence-electron chi connectivity index (χ4n) is 18.2. The molecule has 0 saturated heterocycles. The van der Waals surface area contributed by atoms with E-state index < -0.39 is 0 Å². The fourth-order valence-corrected chi connectivity index (χ4v) is 21.7. The number of hydrogen-bond donors (Lipinski definition) is 0. The molecule has 23 rings (SSSR count). The van der Waals surface area contributed by atoms with Gasteiger partial charge >= 0.3 is 0 Å². The van der Waals surface area contributed by atoms with Crippen molar-refractivity contribution >= 4 is 170 Å². The summed E-state index contributed by atoms with van der Waals surface area (Å²) in [5.41, 5.74) is 21.7. The van der Waals surface area contributed by atoms with E-state index in [1.165, 1.54) is 214 Å². The second kappa shape index (κ2) is 24.7. The monoisotopic (exact) mass is 1430 g/mol. The molecule has 0 spiro atoms. The van der Waals surface area contributed by atoms with Crippen molar-refractivity contribution in [1.82, 2.24) is 0 Å². The van der Waals surface area contributed by atoms with Crippen molar-refractivity contribution in [3.63, 3.8) is 0 Å². The number of fused-ring (bicyclic) bond motifs is 16. The second-order valence-electron chi connectivity index (χ2n) is 29.2. The van der Waals surface area contributed by atoms with E-state index in [1.54, 1.807) is 0 Å². The van der Waals surface area contributed by atoms with Crippen molar-refractivity contribution in [2.24, 2.45) is 0 Å². The molecule has 0 bridgehead atoms. The molecule has 0 nitrogen and oxygen atoms in total. The normalized spacial score (nSPS) is 12.0. The summed E-state index contributed by atoms with van der Waals surface area (Å²) >= 11 is 5.65. The Balaban J connectivity index is 0.779. The van der Waals surface area contributed by atoms with Crippen LogP contribution < -0.4 is 0 Å². The van der Waals surface area contributed by atoms with Crippen molar-refractivity contribution in [3.8, 4) is 100 Å². The molecule has 3 heterocycles. The van der Waals surface area contributed by atoms with Gasteiger partial charge in [0.1, 0.15) is 0 Å². The van der Waals surface area contributed by atoms with Gasteiger partial charge in [-0.15, -0.1) is 34.0 Å². The quantitative estimate of drug-likeness (QED) is 0.126. The van der Waals surface area contributed by atoms with E-state index in [2.05, 4.69) is 376 Å². The molecule has 0 radical (unpaired) electrons. The van der Waals surface area contributed by atoms with Gasteiger partial charge in [-0.25, -0.2) is 0 Å². The molecule has 0 aliphatic carbocycles. The van der Waals surface area contributed by atoms with Gasteiger partial charge < -0.3 is 0 Å². The highest BCUT2D eigenvalue weighted by Gasteiger charge is 2.25. The highest BCUT2D eigenvalue weighted by atomic mass is 32.1. The van der Waals surface area contributed by atoms with Crippen molar-refractivity contribution < 1.29 is 0 Å². The smallest absolute Gasteiger partial charge is 0.0361 e. The highest BCUT2D eigenvalue weighted by Crippen LogP contribution is 2.53. The minimum atomic E-state index is 1.16. The van der Waals surface area contributed by atoms with Crippen LogP contribution in [0.1, 0.15) is 0 Å². The lowest BCUT2D eigenvalue weighted by atomic mass is 9.82. The molecule has 3 heteroatoms. The van der Waals surface area contributed by atoms with Gasteiger partial charge in [-0.2, -0.15) is 0 Å². The summed E-state index contributed by atoms with van der Waals surface area (Å²) in [7, 11) is 0. The molecule has 0 amide bonds. The average Bonchev–Trinajstić information content (AvgIpc) is 1.25. The summed E-state index contributed by atoms with van der Waals surface area (Å²) in [6.07, 6.45) is 0. The summed E-state index contributed by atoms with van der Waals surface area (Å²) in [5.74, 6) is 0. The lowest BCUT2D eigenvalue weighted by molar-refractivity contribution is 1.61. The lowest BCUT2D eigenvalue weighted by Crippen LogP contribution is -1.94. The van der Waals surface area contributed by atoms with Crippen LogP contribution in [0.25, 0.3) is 236 Å². The summed E-state index contributed by atoms with van der Waals surface area (Å²) in [6.45, 7) is 0. The van der Waals surface area contributed by atoms with Crippen LogP contribution in [0.5, 0.6) is 0 Å². The first-order valence-electron chi connectivity index (χ1n) is 37.5. The van der Waals surface area contributed by atoms with Crippen LogP contribution in [0.4, 0.5) is 0 Å². The van der Waals surface area contributed by atoms with E-state index in [0.717, 1.165) is 22.3 Å². The van der Waals surface area contributed by atoms with Gasteiger partial charge in [-0.05, 0) is 242 Å². The van der Waals surface area contributed by atoms with Gasteiger partial charge in [0.2, 0.25) is 0 Å². The highest BCUT2D eigenvalue weighted by molar-refractivity contribution is 7.26. The molecule has 23 aromatic rings. The van der Waals surface area contributed by atoms with Gasteiger partial charge in [-0.1, -0.05) is 309 Å². The Morgan fingerprint density at radius 3 is 0.752 bits per heavy atom. The second-order valence-corrected chi connectivity index (χ2v) is 32.4. The standard InChI is InChI=1S/C106H62S3/c1-3-19-63(20-4-1)65-35-38-67(39-36-65)102-83-28-9-10-29-84(83)103(74-45-48-80-77-25-13-16-32-95(77)107-98(80)60-74)89-53-43-69(56-91(89)102)71-41-51-87-93(58-71)106(76-47-50-82-79-27-15-18-34-97(79)109-100(82)62-76)94-59-72(42-52-88(94)101(87)66-22-5-2-6-23-66)70-44-54-90-92(57-70)105(73-40-37-64-21-7-8-24-68(64)55-73)86-31-12-11-30-85(86)104(90)75-46-49-81-78-26-14-17-33-96(78)108-99(81)61-75/h1-62H. The molecule has 0 atom stereocenters. The first kappa shape index (κ1) is 62.1. The van der Waals surface area contributed by atoms with Crippen LogP contribution in [0.2, 0.25) is 0 Å². The molecule has 504 valence electrons. The first-order chi connectivity index (χ1) is 54.0. The molecule has 0 unspecified atom stereocenters. The number of thiophene rings is 3. The minimum Gasteiger partial charge on any atom is -0.135 e. The Hall–Kier alpha value is -13.1. The largest absolute Gasteiger partial charge is 0.135 e. The molecule has 0 aliphatic heterocycles. The van der Waals surface area contributed by atoms with Crippen molar-refractivity contribution in [3.05, 3.63) is 376 Å². The number of hydrogen-bond acceptors (Lipinski definition) is 3. The summed E-state index contributed by atoms with van der Waals surface area (Å²) in [6, 6.07) is 143. The third-order valence-electron chi connectivity index (χ3n) is 23.2. The van der Waals surface area contributed by atoms with Crippen LogP contribution in [0.3, 0.4) is 0 Å². The maximum Gasteiger partial charge on any atom is 0.0361 e. The van der Waals surface area contributed by atoms with Crippen molar-refractivity contribution in [1.29, 1.82) is 0 Å². The van der Waals surface area contributed by atoms with Crippen LogP contribution >= 0.6 is 34.0 Å². The van der Waals surface area contributed by atoms with E-state index in [4.69, 9.17) is 0 Å². The summed E-state index contributed by atoms with van der Waals surface area (Å²) < 4.78 is 7.79. The van der Waals surface area contributed by atoms with Gasteiger partial charge in [0.15, 0.2) is 0 Å². The molecule has 20 aromatic carbocycles. The zero-order chi connectivity index (χ0) is 71.4. The Morgan fingerprint density at radius 1 is 0.110 bits per heavy atom. The molecule has 0 fully saturated rings. The number of benzene rings is 20. The van der Waals surface area contributed by atoms with E-state index in [1.807, 2.05) is 34.0 Å². The van der Waals surface area contributed by atoms with E-state index in [-0.39, 0.29) is 0 Å². The van der Waals surface area contributed by atoms with E-state index in [0.29, 0.717) is 0 Å². The molecule has 0 N–H and O–H groups in total. The van der Waals surface area contributed by atoms with Crippen LogP contribution in [0, 0.1) is 0 Å². The summed E-state index contributed by atoms with van der Waals surface area (Å²) in [4.78, 5) is 0. The predicted octanol–water partition coefficient (Wildman–Crippen LogP) is 31.9.